The van der Waals surface area contributed by atoms with Gasteiger partial charge in [-0.3, -0.25) is 4.79 Å². The van der Waals surface area contributed by atoms with E-state index in [0.29, 0.717) is 5.56 Å². The number of hydrogen-bond acceptors (Lipinski definition) is 2. The average molecular weight is 291 g/mol. The van der Waals surface area contributed by atoms with Gasteiger partial charge in [0.2, 0.25) is 0 Å². The summed E-state index contributed by atoms with van der Waals surface area (Å²) in [5.41, 5.74) is 4.66. The molecule has 1 atom stereocenters. The summed E-state index contributed by atoms with van der Waals surface area (Å²) < 4.78 is 2.01. The van der Waals surface area contributed by atoms with E-state index >= 15 is 0 Å². The number of aryl methyl sites for hydroxylation is 3. The van der Waals surface area contributed by atoms with Gasteiger partial charge in [-0.05, 0) is 58.4 Å². The van der Waals surface area contributed by atoms with Gasteiger partial charge in [0, 0.05) is 22.6 Å². The standard InChI is InChI=1S/C16H19ClN2O/c1-9-6-10(2)18-15(7-9)19-11(3)8-14(13(19)5)16(20)12(4)17/h6-8,12H,1-5H3. The first-order valence-electron chi connectivity index (χ1n) is 6.64. The number of ketones is 1. The van der Waals surface area contributed by atoms with Gasteiger partial charge in [-0.1, -0.05) is 0 Å². The molecule has 0 aliphatic rings. The summed E-state index contributed by atoms with van der Waals surface area (Å²) in [6.45, 7) is 9.61. The summed E-state index contributed by atoms with van der Waals surface area (Å²) in [5, 5.41) is -0.517. The van der Waals surface area contributed by atoms with Gasteiger partial charge in [-0.25, -0.2) is 4.98 Å². The Morgan fingerprint density at radius 3 is 2.40 bits per heavy atom. The molecule has 0 saturated carbocycles. The van der Waals surface area contributed by atoms with Gasteiger partial charge >= 0.3 is 0 Å². The van der Waals surface area contributed by atoms with Crippen molar-refractivity contribution >= 4 is 17.4 Å². The number of pyridine rings is 1. The number of halogens is 1. The fourth-order valence-electron chi connectivity index (χ4n) is 2.51. The lowest BCUT2D eigenvalue weighted by atomic mass is 10.1. The number of Topliss-reactive ketones (excluding diaryl/α,β-unsaturated/α-hetero) is 1. The van der Waals surface area contributed by atoms with E-state index in [4.69, 9.17) is 11.6 Å². The number of carbonyl (C=O) groups excluding carboxylic acids is 1. The lowest BCUT2D eigenvalue weighted by Crippen LogP contribution is -2.12. The number of aromatic nitrogens is 2. The highest BCUT2D eigenvalue weighted by Crippen LogP contribution is 2.22. The Morgan fingerprint density at radius 1 is 1.20 bits per heavy atom. The lowest BCUT2D eigenvalue weighted by molar-refractivity contribution is 0.0991. The van der Waals surface area contributed by atoms with Crippen LogP contribution in [0, 0.1) is 27.7 Å². The van der Waals surface area contributed by atoms with Crippen LogP contribution >= 0.6 is 11.6 Å². The van der Waals surface area contributed by atoms with Crippen LogP contribution in [0.25, 0.3) is 5.82 Å². The Hall–Kier alpha value is -1.61. The largest absolute Gasteiger partial charge is 0.302 e. The van der Waals surface area contributed by atoms with Crippen molar-refractivity contribution in [3.63, 3.8) is 0 Å². The molecule has 0 fully saturated rings. The summed E-state index contributed by atoms with van der Waals surface area (Å²) >= 11 is 5.92. The van der Waals surface area contributed by atoms with E-state index in [-0.39, 0.29) is 5.78 Å². The fourth-order valence-corrected chi connectivity index (χ4v) is 2.63. The molecule has 0 aromatic carbocycles. The van der Waals surface area contributed by atoms with E-state index in [1.807, 2.05) is 50.5 Å². The minimum atomic E-state index is -0.517. The van der Waals surface area contributed by atoms with E-state index in [1.54, 1.807) is 6.92 Å². The second kappa shape index (κ2) is 5.41. The Kier molecular flexibility index (Phi) is 4.00. The molecule has 0 aliphatic heterocycles. The van der Waals surface area contributed by atoms with Crippen molar-refractivity contribution in [2.75, 3.05) is 0 Å². The monoisotopic (exact) mass is 290 g/mol. The van der Waals surface area contributed by atoms with Crippen LogP contribution in [0.1, 0.15) is 39.9 Å². The molecule has 2 aromatic heterocycles. The van der Waals surface area contributed by atoms with Gasteiger partial charge in [-0.2, -0.15) is 0 Å². The Balaban J connectivity index is 2.61. The quantitative estimate of drug-likeness (QED) is 0.634. The molecule has 0 N–H and O–H groups in total. The highest BCUT2D eigenvalue weighted by molar-refractivity contribution is 6.33. The normalized spacial score (nSPS) is 12.5. The summed E-state index contributed by atoms with van der Waals surface area (Å²) in [5.74, 6) is 0.800. The van der Waals surface area contributed by atoms with E-state index in [0.717, 1.165) is 28.5 Å². The third-order valence-electron chi connectivity index (χ3n) is 3.37. The first-order chi connectivity index (χ1) is 9.31. The maximum absolute atomic E-state index is 12.1. The predicted octanol–water partition coefficient (Wildman–Crippen LogP) is 3.92. The molecule has 1 unspecified atom stereocenters. The van der Waals surface area contributed by atoms with Crippen LogP contribution in [0.5, 0.6) is 0 Å². The van der Waals surface area contributed by atoms with Crippen LogP contribution in [0.4, 0.5) is 0 Å². The molecule has 2 aromatic rings. The van der Waals surface area contributed by atoms with E-state index in [2.05, 4.69) is 4.98 Å². The van der Waals surface area contributed by atoms with Crippen molar-refractivity contribution in [2.24, 2.45) is 0 Å². The fraction of sp³-hybridized carbons (Fsp3) is 0.375. The van der Waals surface area contributed by atoms with Gasteiger partial charge in [-0.15, -0.1) is 11.6 Å². The van der Waals surface area contributed by atoms with Crippen LogP contribution in [0.3, 0.4) is 0 Å². The van der Waals surface area contributed by atoms with E-state index in [9.17, 15) is 4.79 Å². The molecule has 0 saturated heterocycles. The summed E-state index contributed by atoms with van der Waals surface area (Å²) in [6.07, 6.45) is 0. The Morgan fingerprint density at radius 2 is 1.85 bits per heavy atom. The molecular formula is C16H19ClN2O. The van der Waals surface area contributed by atoms with Crippen LogP contribution < -0.4 is 0 Å². The topological polar surface area (TPSA) is 34.9 Å². The lowest BCUT2D eigenvalue weighted by Gasteiger charge is -2.11. The molecule has 20 heavy (non-hydrogen) atoms. The molecule has 106 valence electrons. The van der Waals surface area contributed by atoms with Gasteiger partial charge in [0.1, 0.15) is 5.82 Å². The highest BCUT2D eigenvalue weighted by Gasteiger charge is 2.20. The maximum atomic E-state index is 12.1. The summed E-state index contributed by atoms with van der Waals surface area (Å²) in [7, 11) is 0. The number of hydrogen-bond donors (Lipinski definition) is 0. The smallest absolute Gasteiger partial charge is 0.182 e. The van der Waals surface area contributed by atoms with E-state index < -0.39 is 5.38 Å². The number of nitrogens with zero attached hydrogens (tertiary/aromatic N) is 2. The zero-order chi connectivity index (χ0) is 15.0. The summed E-state index contributed by atoms with van der Waals surface area (Å²) in [4.78, 5) is 16.7. The molecule has 2 rings (SSSR count). The number of rotatable bonds is 3. The van der Waals surface area contributed by atoms with Crippen LogP contribution in [-0.4, -0.2) is 20.7 Å². The minimum Gasteiger partial charge on any atom is -0.302 e. The third kappa shape index (κ3) is 2.63. The molecule has 0 aliphatic carbocycles. The molecule has 3 nitrogen and oxygen atoms in total. The van der Waals surface area contributed by atoms with Crippen molar-refractivity contribution < 1.29 is 4.79 Å². The summed E-state index contributed by atoms with van der Waals surface area (Å²) in [6, 6.07) is 5.94. The van der Waals surface area contributed by atoms with Crippen LogP contribution in [0.2, 0.25) is 0 Å². The first kappa shape index (κ1) is 14.8. The number of alkyl halides is 1. The number of carbonyl (C=O) groups is 1. The predicted molar refractivity (Wildman–Crippen MR) is 82.2 cm³/mol. The second-order valence-electron chi connectivity index (χ2n) is 5.24. The van der Waals surface area contributed by atoms with Crippen molar-refractivity contribution in [1.82, 2.24) is 9.55 Å². The van der Waals surface area contributed by atoms with Gasteiger partial charge in [0.25, 0.3) is 0 Å². The maximum Gasteiger partial charge on any atom is 0.182 e. The molecule has 4 heteroatoms. The van der Waals surface area contributed by atoms with Gasteiger partial charge < -0.3 is 4.57 Å². The molecular weight excluding hydrogens is 272 g/mol. The Bertz CT molecular complexity index is 651. The van der Waals surface area contributed by atoms with Gasteiger partial charge in [0.15, 0.2) is 5.78 Å². The minimum absolute atomic E-state index is 0.0459. The van der Waals surface area contributed by atoms with Crippen molar-refractivity contribution in [3.8, 4) is 5.82 Å². The zero-order valence-corrected chi connectivity index (χ0v) is 13.2. The molecule has 0 bridgehead atoms. The zero-order valence-electron chi connectivity index (χ0n) is 12.5. The van der Waals surface area contributed by atoms with Crippen molar-refractivity contribution in [2.45, 2.75) is 40.0 Å². The van der Waals surface area contributed by atoms with E-state index in [1.165, 1.54) is 0 Å². The highest BCUT2D eigenvalue weighted by atomic mass is 35.5. The van der Waals surface area contributed by atoms with Crippen molar-refractivity contribution in [3.05, 3.63) is 46.4 Å². The van der Waals surface area contributed by atoms with Gasteiger partial charge in [0.05, 0.1) is 5.38 Å². The van der Waals surface area contributed by atoms with Crippen LogP contribution in [-0.2, 0) is 0 Å². The second-order valence-corrected chi connectivity index (χ2v) is 5.90. The molecule has 0 amide bonds. The first-order valence-corrected chi connectivity index (χ1v) is 7.07. The molecule has 0 radical (unpaired) electrons. The molecule has 2 heterocycles. The average Bonchev–Trinajstić information content (AvgIpc) is 2.62. The Labute approximate surface area is 124 Å². The van der Waals surface area contributed by atoms with Crippen molar-refractivity contribution in [1.29, 1.82) is 0 Å². The SMILES string of the molecule is Cc1cc(C)nc(-n2c(C)cc(C(=O)C(C)Cl)c2C)c1. The molecule has 0 spiro atoms. The third-order valence-corrected chi connectivity index (χ3v) is 3.57. The van der Waals surface area contributed by atoms with Crippen LogP contribution in [0.15, 0.2) is 18.2 Å².